The van der Waals surface area contributed by atoms with E-state index >= 15 is 0 Å². The minimum Gasteiger partial charge on any atom is -0.393 e. The Morgan fingerprint density at radius 3 is 3.21 bits per heavy atom. The van der Waals surface area contributed by atoms with E-state index < -0.39 is 0 Å². The molecule has 2 atom stereocenters. The van der Waals surface area contributed by atoms with Crippen LogP contribution in [0.15, 0.2) is 22.0 Å². The second-order valence-electron chi connectivity index (χ2n) is 6.31. The fourth-order valence-corrected chi connectivity index (χ4v) is 3.85. The molecule has 3 rings (SSSR count). The van der Waals surface area contributed by atoms with E-state index in [4.69, 9.17) is 4.52 Å². The molecular weight excluding hydrogens is 326 g/mol. The molecule has 2 aromatic rings. The van der Waals surface area contributed by atoms with Gasteiger partial charge in [-0.15, -0.1) is 11.3 Å². The van der Waals surface area contributed by atoms with Crippen molar-refractivity contribution in [1.82, 2.24) is 15.0 Å². The molecule has 0 saturated carbocycles. The van der Waals surface area contributed by atoms with E-state index in [1.165, 1.54) is 0 Å². The summed E-state index contributed by atoms with van der Waals surface area (Å²) in [5, 5.41) is 15.5. The number of aromatic nitrogens is 2. The predicted molar refractivity (Wildman–Crippen MR) is 91.6 cm³/mol. The summed E-state index contributed by atoms with van der Waals surface area (Å²) in [6.07, 6.45) is 4.10. The maximum Gasteiger partial charge on any atom is 0.226 e. The third kappa shape index (κ3) is 4.21. The number of aliphatic hydroxyl groups is 1. The zero-order valence-electron chi connectivity index (χ0n) is 13.9. The maximum absolute atomic E-state index is 12.4. The number of rotatable bonds is 7. The van der Waals surface area contributed by atoms with E-state index in [0.717, 1.165) is 24.3 Å². The first kappa shape index (κ1) is 17.1. The largest absolute Gasteiger partial charge is 0.393 e. The Kier molecular flexibility index (Phi) is 5.63. The van der Waals surface area contributed by atoms with Crippen LogP contribution in [0.4, 0.5) is 0 Å². The number of carbonyl (C=O) groups excluding carboxylic acids is 1. The molecular formula is C17H23N3O3S. The standard InChI is InChI=1S/C17H23N3O3S/c1-12(21)11-13-5-3-9-20(13)16(22)8-2-7-15-18-17(19-23-15)14-6-4-10-24-14/h4,6,10,12-13,21H,2-3,5,7-9,11H2,1H3. The highest BCUT2D eigenvalue weighted by molar-refractivity contribution is 7.13. The number of nitrogens with zero attached hydrogens (tertiary/aromatic N) is 3. The molecule has 6 nitrogen and oxygen atoms in total. The van der Waals surface area contributed by atoms with Gasteiger partial charge in [-0.25, -0.2) is 0 Å². The first-order valence-electron chi connectivity index (χ1n) is 8.47. The minimum absolute atomic E-state index is 0.163. The second-order valence-corrected chi connectivity index (χ2v) is 7.26. The van der Waals surface area contributed by atoms with Crippen molar-refractivity contribution in [1.29, 1.82) is 0 Å². The molecule has 2 unspecified atom stereocenters. The van der Waals surface area contributed by atoms with Gasteiger partial charge in [0, 0.05) is 25.4 Å². The van der Waals surface area contributed by atoms with Crippen molar-refractivity contribution in [2.75, 3.05) is 6.54 Å². The molecule has 1 fully saturated rings. The fourth-order valence-electron chi connectivity index (χ4n) is 3.20. The zero-order chi connectivity index (χ0) is 16.9. The van der Waals surface area contributed by atoms with Crippen LogP contribution in [0.3, 0.4) is 0 Å². The highest BCUT2D eigenvalue weighted by atomic mass is 32.1. The van der Waals surface area contributed by atoms with Crippen LogP contribution in [-0.4, -0.2) is 44.7 Å². The van der Waals surface area contributed by atoms with E-state index in [9.17, 15) is 9.90 Å². The molecule has 1 N–H and O–H groups in total. The molecule has 24 heavy (non-hydrogen) atoms. The number of hydrogen-bond donors (Lipinski definition) is 1. The van der Waals surface area contributed by atoms with Crippen LogP contribution in [0.1, 0.15) is 44.9 Å². The van der Waals surface area contributed by atoms with Gasteiger partial charge in [0.25, 0.3) is 0 Å². The molecule has 3 heterocycles. The first-order chi connectivity index (χ1) is 11.6. The third-order valence-electron chi connectivity index (χ3n) is 4.30. The summed E-state index contributed by atoms with van der Waals surface area (Å²) in [4.78, 5) is 19.7. The molecule has 1 aliphatic heterocycles. The van der Waals surface area contributed by atoms with Gasteiger partial charge in [0.15, 0.2) is 0 Å². The van der Waals surface area contributed by atoms with E-state index in [2.05, 4.69) is 10.1 Å². The number of hydrogen-bond acceptors (Lipinski definition) is 6. The summed E-state index contributed by atoms with van der Waals surface area (Å²) in [5.41, 5.74) is 0. The lowest BCUT2D eigenvalue weighted by atomic mass is 10.1. The predicted octanol–water partition coefficient (Wildman–Crippen LogP) is 2.88. The number of aryl methyl sites for hydroxylation is 1. The van der Waals surface area contributed by atoms with Crippen LogP contribution < -0.4 is 0 Å². The Balaban J connectivity index is 1.47. The van der Waals surface area contributed by atoms with Crippen molar-refractivity contribution in [2.45, 2.75) is 57.6 Å². The molecule has 1 aliphatic rings. The number of carbonyl (C=O) groups is 1. The highest BCUT2D eigenvalue weighted by Gasteiger charge is 2.29. The summed E-state index contributed by atoms with van der Waals surface area (Å²) in [5.74, 6) is 1.35. The smallest absolute Gasteiger partial charge is 0.226 e. The number of amides is 1. The van der Waals surface area contributed by atoms with Crippen molar-refractivity contribution >= 4 is 17.2 Å². The summed E-state index contributed by atoms with van der Waals surface area (Å²) in [6.45, 7) is 2.58. The quantitative estimate of drug-likeness (QED) is 0.831. The van der Waals surface area contributed by atoms with Gasteiger partial charge in [-0.05, 0) is 44.1 Å². The molecule has 1 amide bonds. The number of aliphatic hydroxyl groups excluding tert-OH is 1. The van der Waals surface area contributed by atoms with Crippen LogP contribution in [0.5, 0.6) is 0 Å². The van der Waals surface area contributed by atoms with Gasteiger partial charge >= 0.3 is 0 Å². The van der Waals surface area contributed by atoms with Gasteiger partial charge in [-0.1, -0.05) is 11.2 Å². The topological polar surface area (TPSA) is 79.5 Å². The van der Waals surface area contributed by atoms with Crippen LogP contribution >= 0.6 is 11.3 Å². The molecule has 7 heteroatoms. The molecule has 0 radical (unpaired) electrons. The lowest BCUT2D eigenvalue weighted by Gasteiger charge is -2.25. The summed E-state index contributed by atoms with van der Waals surface area (Å²) in [6, 6.07) is 4.10. The molecule has 0 aromatic carbocycles. The molecule has 130 valence electrons. The normalized spacial score (nSPS) is 18.9. The molecule has 0 aliphatic carbocycles. The summed E-state index contributed by atoms with van der Waals surface area (Å²) in [7, 11) is 0. The molecule has 0 spiro atoms. The van der Waals surface area contributed by atoms with Crippen molar-refractivity contribution in [2.24, 2.45) is 0 Å². The van der Waals surface area contributed by atoms with Crippen molar-refractivity contribution < 1.29 is 14.4 Å². The second kappa shape index (κ2) is 7.90. The van der Waals surface area contributed by atoms with E-state index in [-0.39, 0.29) is 18.1 Å². The van der Waals surface area contributed by atoms with Gasteiger partial charge in [0.05, 0.1) is 11.0 Å². The lowest BCUT2D eigenvalue weighted by molar-refractivity contribution is -0.132. The molecule has 0 bridgehead atoms. The first-order valence-corrected chi connectivity index (χ1v) is 9.35. The Hall–Kier alpha value is -1.73. The molecule has 2 aromatic heterocycles. The Bertz CT molecular complexity index is 654. The van der Waals surface area contributed by atoms with E-state index in [1.54, 1.807) is 18.3 Å². The van der Waals surface area contributed by atoms with Crippen molar-refractivity contribution in [3.8, 4) is 10.7 Å². The fraction of sp³-hybridized carbons (Fsp3) is 0.588. The van der Waals surface area contributed by atoms with Crippen LogP contribution in [0, 0.1) is 0 Å². The lowest BCUT2D eigenvalue weighted by Crippen LogP contribution is -2.37. The van der Waals surface area contributed by atoms with Crippen LogP contribution in [0.25, 0.3) is 10.7 Å². The van der Waals surface area contributed by atoms with Gasteiger partial charge in [0.2, 0.25) is 17.6 Å². The van der Waals surface area contributed by atoms with Gasteiger partial charge < -0.3 is 14.5 Å². The van der Waals surface area contributed by atoms with E-state index in [0.29, 0.717) is 37.4 Å². The summed E-state index contributed by atoms with van der Waals surface area (Å²) >= 11 is 1.57. The Morgan fingerprint density at radius 2 is 2.46 bits per heavy atom. The average molecular weight is 349 g/mol. The monoisotopic (exact) mass is 349 g/mol. The van der Waals surface area contributed by atoms with Gasteiger partial charge in [-0.2, -0.15) is 4.98 Å². The highest BCUT2D eigenvalue weighted by Crippen LogP contribution is 2.24. The number of thiophene rings is 1. The molecule has 1 saturated heterocycles. The third-order valence-corrected chi connectivity index (χ3v) is 5.17. The van der Waals surface area contributed by atoms with Crippen LogP contribution in [-0.2, 0) is 11.2 Å². The van der Waals surface area contributed by atoms with Gasteiger partial charge in [0.1, 0.15) is 0 Å². The minimum atomic E-state index is -0.363. The Morgan fingerprint density at radius 1 is 1.58 bits per heavy atom. The zero-order valence-corrected chi connectivity index (χ0v) is 14.7. The van der Waals surface area contributed by atoms with E-state index in [1.807, 2.05) is 22.4 Å². The summed E-state index contributed by atoms with van der Waals surface area (Å²) < 4.78 is 5.26. The number of likely N-dealkylation sites (tertiary alicyclic amines) is 1. The average Bonchev–Trinajstić information content (AvgIpc) is 3.27. The SMILES string of the molecule is CC(O)CC1CCCN1C(=O)CCCc1nc(-c2cccs2)no1. The van der Waals surface area contributed by atoms with Crippen LogP contribution in [0.2, 0.25) is 0 Å². The van der Waals surface area contributed by atoms with Crippen molar-refractivity contribution in [3.05, 3.63) is 23.4 Å². The maximum atomic E-state index is 12.4. The van der Waals surface area contributed by atoms with Crippen molar-refractivity contribution in [3.63, 3.8) is 0 Å². The van der Waals surface area contributed by atoms with Gasteiger partial charge in [-0.3, -0.25) is 4.79 Å². The Labute approximate surface area is 145 Å².